The monoisotopic (exact) mass is 308 g/mol. The van der Waals surface area contributed by atoms with Crippen LogP contribution >= 0.6 is 15.9 Å². The van der Waals surface area contributed by atoms with E-state index in [1.165, 1.54) is 0 Å². The standard InChI is InChI=1S/C14H17BrN2O/c1-4-13(18)11-7-5-6-8-12(11)17-10(3)14(15)9(2)16-17/h5-8,13,18H,4H2,1-3H3/t13-/m1/s1. The number of hydrogen-bond donors (Lipinski definition) is 1. The van der Waals surface area contributed by atoms with Crippen LogP contribution in [0.15, 0.2) is 28.7 Å². The van der Waals surface area contributed by atoms with Gasteiger partial charge >= 0.3 is 0 Å². The molecule has 0 unspecified atom stereocenters. The maximum atomic E-state index is 10.1. The highest BCUT2D eigenvalue weighted by atomic mass is 79.9. The van der Waals surface area contributed by atoms with Crippen molar-refractivity contribution >= 4 is 15.9 Å². The van der Waals surface area contributed by atoms with Crippen molar-refractivity contribution < 1.29 is 5.11 Å². The second-order valence-electron chi connectivity index (χ2n) is 4.38. The number of hydrogen-bond acceptors (Lipinski definition) is 2. The minimum Gasteiger partial charge on any atom is -0.388 e. The molecule has 1 atom stereocenters. The van der Waals surface area contributed by atoms with Gasteiger partial charge in [0.2, 0.25) is 0 Å². The van der Waals surface area contributed by atoms with E-state index in [0.717, 1.165) is 27.1 Å². The fraction of sp³-hybridized carbons (Fsp3) is 0.357. The second kappa shape index (κ2) is 5.24. The van der Waals surface area contributed by atoms with E-state index in [0.29, 0.717) is 6.42 Å². The Kier molecular flexibility index (Phi) is 3.88. The van der Waals surface area contributed by atoms with Gasteiger partial charge in [0.15, 0.2) is 0 Å². The summed E-state index contributed by atoms with van der Waals surface area (Å²) >= 11 is 3.53. The van der Waals surface area contributed by atoms with Crippen LogP contribution in [0.4, 0.5) is 0 Å². The van der Waals surface area contributed by atoms with Gasteiger partial charge in [-0.2, -0.15) is 5.10 Å². The lowest BCUT2D eigenvalue weighted by molar-refractivity contribution is 0.173. The summed E-state index contributed by atoms with van der Waals surface area (Å²) in [6.07, 6.45) is 0.237. The van der Waals surface area contributed by atoms with E-state index < -0.39 is 6.10 Å². The summed E-state index contributed by atoms with van der Waals surface area (Å²) in [5.74, 6) is 0. The zero-order valence-corrected chi connectivity index (χ0v) is 12.4. The molecule has 0 bridgehead atoms. The number of nitrogens with zero attached hydrogens (tertiary/aromatic N) is 2. The van der Waals surface area contributed by atoms with Gasteiger partial charge in [0.05, 0.1) is 27.7 Å². The molecule has 1 aromatic carbocycles. The first kappa shape index (κ1) is 13.3. The Morgan fingerprint density at radius 1 is 1.33 bits per heavy atom. The van der Waals surface area contributed by atoms with Crippen LogP contribution in [0.5, 0.6) is 0 Å². The third-order valence-electron chi connectivity index (χ3n) is 3.11. The summed E-state index contributed by atoms with van der Waals surface area (Å²) in [5, 5.41) is 14.6. The van der Waals surface area contributed by atoms with Crippen LogP contribution in [0.2, 0.25) is 0 Å². The molecule has 0 aliphatic carbocycles. The first-order valence-corrected chi connectivity index (χ1v) is 6.84. The Hall–Kier alpha value is -1.13. The average molecular weight is 309 g/mol. The van der Waals surface area contributed by atoms with Gasteiger partial charge < -0.3 is 5.11 Å². The SMILES string of the molecule is CC[C@@H](O)c1ccccc1-n1nc(C)c(Br)c1C. The molecule has 0 saturated heterocycles. The molecule has 0 saturated carbocycles. The summed E-state index contributed by atoms with van der Waals surface area (Å²) in [7, 11) is 0. The predicted octanol–water partition coefficient (Wildman–Crippen LogP) is 3.70. The first-order chi connectivity index (χ1) is 8.56. The molecule has 0 spiro atoms. The third kappa shape index (κ3) is 2.22. The molecule has 1 heterocycles. The average Bonchev–Trinajstić information content (AvgIpc) is 2.65. The Morgan fingerprint density at radius 2 is 2.00 bits per heavy atom. The number of aryl methyl sites for hydroxylation is 1. The Morgan fingerprint density at radius 3 is 2.56 bits per heavy atom. The van der Waals surface area contributed by atoms with Crippen LogP contribution in [0, 0.1) is 13.8 Å². The number of aliphatic hydroxyl groups excluding tert-OH is 1. The number of halogens is 1. The number of para-hydroxylation sites is 1. The van der Waals surface area contributed by atoms with Crippen molar-refractivity contribution in [3.63, 3.8) is 0 Å². The molecule has 0 radical (unpaired) electrons. The van der Waals surface area contributed by atoms with Gasteiger partial charge in [-0.3, -0.25) is 0 Å². The highest BCUT2D eigenvalue weighted by Gasteiger charge is 2.16. The summed E-state index contributed by atoms with van der Waals surface area (Å²) in [5.41, 5.74) is 3.85. The van der Waals surface area contributed by atoms with Gasteiger partial charge in [-0.1, -0.05) is 25.1 Å². The molecule has 18 heavy (non-hydrogen) atoms. The number of benzene rings is 1. The van der Waals surface area contributed by atoms with E-state index >= 15 is 0 Å². The number of aromatic nitrogens is 2. The summed E-state index contributed by atoms with van der Waals surface area (Å²) in [6, 6.07) is 7.85. The van der Waals surface area contributed by atoms with Crippen molar-refractivity contribution in [3.8, 4) is 5.69 Å². The quantitative estimate of drug-likeness (QED) is 0.939. The van der Waals surface area contributed by atoms with Crippen LogP contribution in [0.1, 0.15) is 36.4 Å². The molecular formula is C14H17BrN2O. The maximum Gasteiger partial charge on any atom is 0.0808 e. The van der Waals surface area contributed by atoms with Gasteiger partial charge in [0.1, 0.15) is 0 Å². The molecule has 2 rings (SSSR count). The smallest absolute Gasteiger partial charge is 0.0808 e. The third-order valence-corrected chi connectivity index (χ3v) is 4.26. The molecule has 3 nitrogen and oxygen atoms in total. The molecule has 0 fully saturated rings. The fourth-order valence-electron chi connectivity index (χ4n) is 2.04. The Balaban J connectivity index is 2.60. The zero-order chi connectivity index (χ0) is 13.3. The van der Waals surface area contributed by atoms with Gasteiger partial charge in [0, 0.05) is 5.56 Å². The first-order valence-electron chi connectivity index (χ1n) is 6.05. The van der Waals surface area contributed by atoms with Crippen molar-refractivity contribution in [2.24, 2.45) is 0 Å². The van der Waals surface area contributed by atoms with Crippen molar-refractivity contribution in [1.29, 1.82) is 0 Å². The van der Waals surface area contributed by atoms with Crippen molar-refractivity contribution in [2.75, 3.05) is 0 Å². The fourth-order valence-corrected chi connectivity index (χ4v) is 2.29. The van der Waals surface area contributed by atoms with Crippen molar-refractivity contribution in [1.82, 2.24) is 9.78 Å². The molecule has 96 valence electrons. The minimum absolute atomic E-state index is 0.455. The molecule has 1 N–H and O–H groups in total. The van der Waals surface area contributed by atoms with E-state index in [9.17, 15) is 5.11 Å². The molecule has 0 amide bonds. The number of rotatable bonds is 3. The summed E-state index contributed by atoms with van der Waals surface area (Å²) in [4.78, 5) is 0. The maximum absolute atomic E-state index is 10.1. The molecular weight excluding hydrogens is 292 g/mol. The predicted molar refractivity (Wildman–Crippen MR) is 76.0 cm³/mol. The van der Waals surface area contributed by atoms with E-state index in [1.807, 2.05) is 49.7 Å². The van der Waals surface area contributed by atoms with Crippen LogP contribution in [0.3, 0.4) is 0 Å². The van der Waals surface area contributed by atoms with Crippen molar-refractivity contribution in [3.05, 3.63) is 45.7 Å². The van der Waals surface area contributed by atoms with Gasteiger partial charge in [-0.15, -0.1) is 0 Å². The van der Waals surface area contributed by atoms with E-state index in [2.05, 4.69) is 21.0 Å². The molecule has 0 aliphatic heterocycles. The van der Waals surface area contributed by atoms with Crippen LogP contribution in [-0.4, -0.2) is 14.9 Å². The highest BCUT2D eigenvalue weighted by Crippen LogP contribution is 2.28. The normalized spacial score (nSPS) is 12.7. The van der Waals surface area contributed by atoms with E-state index in [4.69, 9.17) is 0 Å². The topological polar surface area (TPSA) is 38.0 Å². The largest absolute Gasteiger partial charge is 0.388 e. The molecule has 2 aromatic rings. The Bertz CT molecular complexity index is 563. The van der Waals surface area contributed by atoms with Gasteiger partial charge in [0.25, 0.3) is 0 Å². The molecule has 0 aliphatic rings. The van der Waals surface area contributed by atoms with E-state index in [1.54, 1.807) is 0 Å². The summed E-state index contributed by atoms with van der Waals surface area (Å²) < 4.78 is 2.90. The number of aliphatic hydroxyl groups is 1. The zero-order valence-electron chi connectivity index (χ0n) is 10.8. The lowest BCUT2D eigenvalue weighted by Crippen LogP contribution is -2.06. The van der Waals surface area contributed by atoms with Crippen LogP contribution in [-0.2, 0) is 0 Å². The van der Waals surface area contributed by atoms with Gasteiger partial charge in [-0.25, -0.2) is 4.68 Å². The van der Waals surface area contributed by atoms with Crippen LogP contribution in [0.25, 0.3) is 5.69 Å². The second-order valence-corrected chi connectivity index (χ2v) is 5.17. The lowest BCUT2D eigenvalue weighted by atomic mass is 10.1. The molecule has 4 heteroatoms. The van der Waals surface area contributed by atoms with Crippen molar-refractivity contribution in [2.45, 2.75) is 33.3 Å². The lowest BCUT2D eigenvalue weighted by Gasteiger charge is -2.15. The minimum atomic E-state index is -0.455. The molecule has 1 aromatic heterocycles. The highest BCUT2D eigenvalue weighted by molar-refractivity contribution is 9.10. The van der Waals surface area contributed by atoms with Crippen LogP contribution < -0.4 is 0 Å². The summed E-state index contributed by atoms with van der Waals surface area (Å²) in [6.45, 7) is 5.95. The van der Waals surface area contributed by atoms with E-state index in [-0.39, 0.29) is 0 Å². The van der Waals surface area contributed by atoms with Gasteiger partial charge in [-0.05, 0) is 42.3 Å². The Labute approximate surface area is 116 Å².